The summed E-state index contributed by atoms with van der Waals surface area (Å²) < 4.78 is 4.97. The summed E-state index contributed by atoms with van der Waals surface area (Å²) in [5.41, 5.74) is 2.15. The number of methoxy groups -OCH3 is 1. The number of aliphatic carboxylic acids is 1. The van der Waals surface area contributed by atoms with Crippen LogP contribution in [-0.4, -0.2) is 18.2 Å². The molecule has 0 fully saturated rings. The first-order chi connectivity index (χ1) is 6.72. The first kappa shape index (κ1) is 10.7. The molecule has 0 saturated carbocycles. The molecule has 1 N–H and O–H groups in total. The van der Waals surface area contributed by atoms with Gasteiger partial charge in [0.25, 0.3) is 0 Å². The van der Waals surface area contributed by atoms with E-state index in [-0.39, 0.29) is 6.42 Å². The lowest BCUT2D eigenvalue weighted by molar-refractivity contribution is -0.136. The summed E-state index contributed by atoms with van der Waals surface area (Å²) in [6.07, 6.45) is 0.770. The van der Waals surface area contributed by atoms with Crippen LogP contribution in [-0.2, 0) is 22.6 Å². The normalized spacial score (nSPS) is 10.1. The van der Waals surface area contributed by atoms with Gasteiger partial charge in [-0.1, -0.05) is 24.3 Å². The third kappa shape index (κ3) is 3.58. The summed E-state index contributed by atoms with van der Waals surface area (Å²) in [5.74, 6) is -0.758. The van der Waals surface area contributed by atoms with Crippen LogP contribution in [0.25, 0.3) is 0 Å². The zero-order valence-corrected chi connectivity index (χ0v) is 8.19. The van der Waals surface area contributed by atoms with Crippen LogP contribution in [0, 0.1) is 0 Å². The van der Waals surface area contributed by atoms with Crippen LogP contribution in [0.5, 0.6) is 0 Å². The molecule has 0 radical (unpaired) electrons. The fraction of sp³-hybridized carbons (Fsp3) is 0.364. The molecule has 0 aliphatic rings. The molecule has 0 saturated heterocycles. The summed E-state index contributed by atoms with van der Waals surface area (Å²) >= 11 is 0. The summed E-state index contributed by atoms with van der Waals surface area (Å²) in [6, 6.07) is 7.80. The van der Waals surface area contributed by atoms with Crippen molar-refractivity contribution in [1.82, 2.24) is 0 Å². The average Bonchev–Trinajstić information content (AvgIpc) is 2.17. The van der Waals surface area contributed by atoms with Gasteiger partial charge >= 0.3 is 5.97 Å². The highest BCUT2D eigenvalue weighted by Gasteiger charge is 1.99. The monoisotopic (exact) mass is 194 g/mol. The zero-order valence-electron chi connectivity index (χ0n) is 8.19. The van der Waals surface area contributed by atoms with E-state index in [1.807, 2.05) is 24.3 Å². The SMILES string of the molecule is COCc1ccc(CCC(=O)O)cc1. The Morgan fingerprint density at radius 2 is 1.86 bits per heavy atom. The molecule has 0 aromatic heterocycles. The van der Waals surface area contributed by atoms with E-state index in [1.165, 1.54) is 0 Å². The van der Waals surface area contributed by atoms with E-state index in [0.717, 1.165) is 11.1 Å². The number of carboxylic acids is 1. The number of hydrogen-bond donors (Lipinski definition) is 1. The number of carbonyl (C=O) groups is 1. The highest BCUT2D eigenvalue weighted by molar-refractivity contribution is 5.67. The fourth-order valence-electron chi connectivity index (χ4n) is 1.22. The van der Waals surface area contributed by atoms with Gasteiger partial charge in [0.1, 0.15) is 0 Å². The highest BCUT2D eigenvalue weighted by atomic mass is 16.5. The molecule has 1 aromatic rings. The third-order valence-electron chi connectivity index (χ3n) is 1.96. The Bertz CT molecular complexity index is 290. The first-order valence-corrected chi connectivity index (χ1v) is 4.51. The highest BCUT2D eigenvalue weighted by Crippen LogP contribution is 2.07. The molecule has 0 bridgehead atoms. The molecule has 0 aliphatic carbocycles. The number of rotatable bonds is 5. The molecule has 0 spiro atoms. The largest absolute Gasteiger partial charge is 0.481 e. The second-order valence-electron chi connectivity index (χ2n) is 3.14. The molecule has 76 valence electrons. The van der Waals surface area contributed by atoms with Gasteiger partial charge in [0.15, 0.2) is 0 Å². The Labute approximate surface area is 83.3 Å². The van der Waals surface area contributed by atoms with Crippen LogP contribution in [0.3, 0.4) is 0 Å². The maximum absolute atomic E-state index is 10.3. The number of ether oxygens (including phenoxy) is 1. The van der Waals surface area contributed by atoms with E-state index < -0.39 is 5.97 Å². The minimum atomic E-state index is -0.758. The Morgan fingerprint density at radius 3 is 2.36 bits per heavy atom. The second kappa shape index (κ2) is 5.40. The van der Waals surface area contributed by atoms with Crippen molar-refractivity contribution in [2.24, 2.45) is 0 Å². The quantitative estimate of drug-likeness (QED) is 0.778. The van der Waals surface area contributed by atoms with Crippen molar-refractivity contribution in [3.63, 3.8) is 0 Å². The molecule has 1 rings (SSSR count). The maximum atomic E-state index is 10.3. The van der Waals surface area contributed by atoms with Crippen molar-refractivity contribution in [3.8, 4) is 0 Å². The van der Waals surface area contributed by atoms with Gasteiger partial charge in [0.05, 0.1) is 6.61 Å². The fourth-order valence-corrected chi connectivity index (χ4v) is 1.22. The first-order valence-electron chi connectivity index (χ1n) is 4.51. The third-order valence-corrected chi connectivity index (χ3v) is 1.96. The Balaban J connectivity index is 2.50. The lowest BCUT2D eigenvalue weighted by Gasteiger charge is -2.01. The standard InChI is InChI=1S/C11H14O3/c1-14-8-10-4-2-9(3-5-10)6-7-11(12)13/h2-5H,6-8H2,1H3,(H,12,13). The molecule has 0 amide bonds. The van der Waals surface area contributed by atoms with Gasteiger partial charge in [-0.25, -0.2) is 0 Å². The summed E-state index contributed by atoms with van der Waals surface area (Å²) in [5, 5.41) is 8.49. The van der Waals surface area contributed by atoms with Gasteiger partial charge in [-0.2, -0.15) is 0 Å². The average molecular weight is 194 g/mol. The zero-order chi connectivity index (χ0) is 10.4. The summed E-state index contributed by atoms with van der Waals surface area (Å²) in [6.45, 7) is 0.596. The van der Waals surface area contributed by atoms with Crippen molar-refractivity contribution < 1.29 is 14.6 Å². The van der Waals surface area contributed by atoms with Crippen LogP contribution in [0.2, 0.25) is 0 Å². The van der Waals surface area contributed by atoms with Gasteiger partial charge in [-0.15, -0.1) is 0 Å². The Kier molecular flexibility index (Phi) is 4.13. The van der Waals surface area contributed by atoms with E-state index >= 15 is 0 Å². The maximum Gasteiger partial charge on any atom is 0.303 e. The molecule has 0 atom stereocenters. The van der Waals surface area contributed by atoms with E-state index in [2.05, 4.69) is 0 Å². The van der Waals surface area contributed by atoms with Gasteiger partial charge in [0.2, 0.25) is 0 Å². The van der Waals surface area contributed by atoms with Gasteiger partial charge in [-0.3, -0.25) is 4.79 Å². The molecular formula is C11H14O3. The topological polar surface area (TPSA) is 46.5 Å². The number of hydrogen-bond acceptors (Lipinski definition) is 2. The second-order valence-corrected chi connectivity index (χ2v) is 3.14. The molecule has 3 heteroatoms. The number of aryl methyl sites for hydroxylation is 1. The lowest BCUT2D eigenvalue weighted by Crippen LogP contribution is -1.97. The molecule has 0 unspecified atom stereocenters. The van der Waals surface area contributed by atoms with Crippen molar-refractivity contribution in [2.75, 3.05) is 7.11 Å². The van der Waals surface area contributed by atoms with E-state index in [4.69, 9.17) is 9.84 Å². The van der Waals surface area contributed by atoms with Crippen molar-refractivity contribution in [3.05, 3.63) is 35.4 Å². The Morgan fingerprint density at radius 1 is 1.29 bits per heavy atom. The predicted octanol–water partition coefficient (Wildman–Crippen LogP) is 1.85. The molecule has 3 nitrogen and oxygen atoms in total. The molecule has 1 aromatic carbocycles. The van der Waals surface area contributed by atoms with E-state index in [9.17, 15) is 4.79 Å². The molecular weight excluding hydrogens is 180 g/mol. The smallest absolute Gasteiger partial charge is 0.303 e. The van der Waals surface area contributed by atoms with E-state index in [0.29, 0.717) is 13.0 Å². The van der Waals surface area contributed by atoms with E-state index in [1.54, 1.807) is 7.11 Å². The minimum absolute atomic E-state index is 0.184. The molecule has 14 heavy (non-hydrogen) atoms. The number of benzene rings is 1. The van der Waals surface area contributed by atoms with Gasteiger partial charge < -0.3 is 9.84 Å². The van der Waals surface area contributed by atoms with Crippen LogP contribution < -0.4 is 0 Å². The summed E-state index contributed by atoms with van der Waals surface area (Å²) in [4.78, 5) is 10.3. The number of carboxylic acid groups (broad SMARTS) is 1. The van der Waals surface area contributed by atoms with Crippen LogP contribution >= 0.6 is 0 Å². The van der Waals surface area contributed by atoms with Crippen molar-refractivity contribution >= 4 is 5.97 Å². The Hall–Kier alpha value is -1.35. The van der Waals surface area contributed by atoms with Gasteiger partial charge in [0, 0.05) is 13.5 Å². The predicted molar refractivity (Wildman–Crippen MR) is 53.1 cm³/mol. The molecule has 0 aliphatic heterocycles. The van der Waals surface area contributed by atoms with Crippen LogP contribution in [0.15, 0.2) is 24.3 Å². The minimum Gasteiger partial charge on any atom is -0.481 e. The van der Waals surface area contributed by atoms with Crippen LogP contribution in [0.4, 0.5) is 0 Å². The van der Waals surface area contributed by atoms with Crippen molar-refractivity contribution in [1.29, 1.82) is 0 Å². The lowest BCUT2D eigenvalue weighted by atomic mass is 10.1. The van der Waals surface area contributed by atoms with Gasteiger partial charge in [-0.05, 0) is 17.5 Å². The summed E-state index contributed by atoms with van der Waals surface area (Å²) in [7, 11) is 1.65. The molecule has 0 heterocycles. The van der Waals surface area contributed by atoms with Crippen molar-refractivity contribution in [2.45, 2.75) is 19.4 Å². The van der Waals surface area contributed by atoms with Crippen LogP contribution in [0.1, 0.15) is 17.5 Å².